The van der Waals surface area contributed by atoms with E-state index in [-0.39, 0.29) is 5.46 Å². The lowest BCUT2D eigenvalue weighted by molar-refractivity contribution is 0.00578. The summed E-state index contributed by atoms with van der Waals surface area (Å²) in [5.74, 6) is -1.78. The van der Waals surface area contributed by atoms with Crippen LogP contribution in [0.1, 0.15) is 27.7 Å². The minimum atomic E-state index is -0.898. The van der Waals surface area contributed by atoms with Gasteiger partial charge in [-0.05, 0) is 46.1 Å². The molecule has 0 saturated carbocycles. The first-order chi connectivity index (χ1) is 8.69. The largest absolute Gasteiger partial charge is 0.499 e. The lowest BCUT2D eigenvalue weighted by atomic mass is 9.78. The number of rotatable bonds is 2. The predicted octanol–water partition coefficient (Wildman–Crippen LogP) is 2.99. The van der Waals surface area contributed by atoms with Gasteiger partial charge in [0, 0.05) is 10.4 Å². The van der Waals surface area contributed by atoms with E-state index >= 15 is 0 Å². The Morgan fingerprint density at radius 1 is 1.05 bits per heavy atom. The summed E-state index contributed by atoms with van der Waals surface area (Å²) in [5.41, 5.74) is -1.01. The molecule has 0 amide bonds. The second-order valence-corrected chi connectivity index (χ2v) is 6.41. The third-order valence-corrected chi connectivity index (χ3v) is 4.60. The van der Waals surface area contributed by atoms with Gasteiger partial charge >= 0.3 is 7.12 Å². The highest BCUT2D eigenvalue weighted by Gasteiger charge is 2.53. The molecule has 0 bridgehead atoms. The van der Waals surface area contributed by atoms with Gasteiger partial charge in [-0.25, -0.2) is 8.78 Å². The summed E-state index contributed by atoms with van der Waals surface area (Å²) in [4.78, 5) is 0.623. The molecule has 0 aromatic heterocycles. The fourth-order valence-electron chi connectivity index (χ4n) is 1.91. The molecular formula is C13H17BF2O2S. The molecule has 1 aliphatic rings. The Bertz CT molecular complexity index is 490. The van der Waals surface area contributed by atoms with Crippen LogP contribution in [0.3, 0.4) is 0 Å². The SMILES string of the molecule is CSc1ccc(F)c(F)c1B1OC(C)(C)C(C)(C)O1. The van der Waals surface area contributed by atoms with Crippen LogP contribution in [0, 0.1) is 11.6 Å². The fourth-order valence-corrected chi connectivity index (χ4v) is 2.52. The van der Waals surface area contributed by atoms with Crippen molar-refractivity contribution < 1.29 is 18.1 Å². The van der Waals surface area contributed by atoms with Crippen LogP contribution in [0.4, 0.5) is 8.78 Å². The molecule has 2 nitrogen and oxygen atoms in total. The standard InChI is InChI=1S/C13H17BF2O2S/c1-12(2)13(3,4)18-14(17-12)10-9(19-5)7-6-8(15)11(10)16/h6-7H,1-5H3. The summed E-state index contributed by atoms with van der Waals surface area (Å²) < 4.78 is 39.1. The molecule has 2 rings (SSSR count). The first-order valence-electron chi connectivity index (χ1n) is 6.07. The second-order valence-electron chi connectivity index (χ2n) is 5.57. The van der Waals surface area contributed by atoms with Gasteiger partial charge in [-0.2, -0.15) is 0 Å². The van der Waals surface area contributed by atoms with Crippen molar-refractivity contribution in [1.82, 2.24) is 0 Å². The van der Waals surface area contributed by atoms with Crippen molar-refractivity contribution in [2.75, 3.05) is 6.26 Å². The van der Waals surface area contributed by atoms with E-state index in [2.05, 4.69) is 0 Å². The van der Waals surface area contributed by atoms with E-state index in [0.717, 1.165) is 6.07 Å². The lowest BCUT2D eigenvalue weighted by Gasteiger charge is -2.32. The van der Waals surface area contributed by atoms with E-state index in [1.807, 2.05) is 27.7 Å². The summed E-state index contributed by atoms with van der Waals surface area (Å²) in [7, 11) is -0.886. The van der Waals surface area contributed by atoms with Gasteiger partial charge in [0.15, 0.2) is 11.6 Å². The van der Waals surface area contributed by atoms with Crippen molar-refractivity contribution in [2.24, 2.45) is 0 Å². The molecule has 0 unspecified atom stereocenters. The van der Waals surface area contributed by atoms with Crippen LogP contribution in [0.25, 0.3) is 0 Å². The Morgan fingerprint density at radius 3 is 2.05 bits per heavy atom. The maximum atomic E-state index is 14.1. The van der Waals surface area contributed by atoms with Gasteiger partial charge in [-0.15, -0.1) is 11.8 Å². The van der Waals surface area contributed by atoms with E-state index in [0.29, 0.717) is 4.90 Å². The van der Waals surface area contributed by atoms with Gasteiger partial charge in [0.05, 0.1) is 11.2 Å². The van der Waals surface area contributed by atoms with E-state index < -0.39 is 30.0 Å². The van der Waals surface area contributed by atoms with Crippen molar-refractivity contribution >= 4 is 24.3 Å². The lowest BCUT2D eigenvalue weighted by Crippen LogP contribution is -2.41. The van der Waals surface area contributed by atoms with Crippen molar-refractivity contribution in [1.29, 1.82) is 0 Å². The molecule has 1 aromatic carbocycles. The average molecular weight is 286 g/mol. The monoisotopic (exact) mass is 286 g/mol. The first-order valence-corrected chi connectivity index (χ1v) is 7.29. The molecule has 19 heavy (non-hydrogen) atoms. The summed E-state index contributed by atoms with van der Waals surface area (Å²) in [6.45, 7) is 7.51. The molecule has 0 atom stereocenters. The molecular weight excluding hydrogens is 269 g/mol. The zero-order valence-electron chi connectivity index (χ0n) is 11.7. The van der Waals surface area contributed by atoms with Gasteiger partial charge in [-0.1, -0.05) is 0 Å². The molecule has 1 fully saturated rings. The van der Waals surface area contributed by atoms with Crippen LogP contribution < -0.4 is 5.46 Å². The minimum absolute atomic E-state index is 0.145. The van der Waals surface area contributed by atoms with E-state index in [9.17, 15) is 8.78 Å². The zero-order chi connectivity index (χ0) is 14.4. The number of thioether (sulfide) groups is 1. The van der Waals surface area contributed by atoms with Gasteiger partial charge in [-0.3, -0.25) is 0 Å². The number of hydrogen-bond donors (Lipinski definition) is 0. The summed E-state index contributed by atoms with van der Waals surface area (Å²) in [6.07, 6.45) is 1.81. The fraction of sp³-hybridized carbons (Fsp3) is 0.538. The predicted molar refractivity (Wildman–Crippen MR) is 73.9 cm³/mol. The molecule has 0 N–H and O–H groups in total. The molecule has 0 aliphatic carbocycles. The normalized spacial score (nSPS) is 20.9. The molecule has 0 radical (unpaired) electrons. The molecule has 1 heterocycles. The Kier molecular flexibility index (Phi) is 3.71. The summed E-state index contributed by atoms with van der Waals surface area (Å²) in [6, 6.07) is 2.67. The van der Waals surface area contributed by atoms with Gasteiger partial charge < -0.3 is 9.31 Å². The third-order valence-electron chi connectivity index (χ3n) is 3.80. The number of halogens is 2. The van der Waals surface area contributed by atoms with Crippen molar-refractivity contribution in [3.8, 4) is 0 Å². The van der Waals surface area contributed by atoms with Crippen molar-refractivity contribution in [3.63, 3.8) is 0 Å². The maximum Gasteiger partial charge on any atom is 0.499 e. The van der Waals surface area contributed by atoms with E-state index in [1.54, 1.807) is 12.3 Å². The number of benzene rings is 1. The van der Waals surface area contributed by atoms with Crippen LogP contribution in [-0.4, -0.2) is 24.6 Å². The van der Waals surface area contributed by atoms with Crippen molar-refractivity contribution in [3.05, 3.63) is 23.8 Å². The molecule has 1 saturated heterocycles. The van der Waals surface area contributed by atoms with Crippen LogP contribution in [-0.2, 0) is 9.31 Å². The quantitative estimate of drug-likeness (QED) is 0.615. The summed E-state index contributed by atoms with van der Waals surface area (Å²) >= 11 is 1.34. The van der Waals surface area contributed by atoms with Gasteiger partial charge in [0.25, 0.3) is 0 Å². The van der Waals surface area contributed by atoms with Crippen LogP contribution in [0.2, 0.25) is 0 Å². The third kappa shape index (κ3) is 2.41. The number of hydrogen-bond acceptors (Lipinski definition) is 3. The van der Waals surface area contributed by atoms with Crippen LogP contribution in [0.5, 0.6) is 0 Å². The molecule has 0 spiro atoms. The Balaban J connectivity index is 2.47. The van der Waals surface area contributed by atoms with E-state index in [4.69, 9.17) is 9.31 Å². The van der Waals surface area contributed by atoms with Crippen molar-refractivity contribution in [2.45, 2.75) is 43.8 Å². The smallest absolute Gasteiger partial charge is 0.399 e. The van der Waals surface area contributed by atoms with Gasteiger partial charge in [0.1, 0.15) is 0 Å². The van der Waals surface area contributed by atoms with Crippen LogP contribution >= 0.6 is 11.8 Å². The first kappa shape index (κ1) is 14.8. The molecule has 1 aliphatic heterocycles. The Hall–Kier alpha value is -0.585. The highest BCUT2D eigenvalue weighted by molar-refractivity contribution is 7.98. The van der Waals surface area contributed by atoms with Gasteiger partial charge in [0.2, 0.25) is 0 Å². The molecule has 1 aromatic rings. The summed E-state index contributed by atoms with van der Waals surface area (Å²) in [5, 5.41) is 0. The second kappa shape index (κ2) is 4.75. The maximum absolute atomic E-state index is 14.1. The Labute approximate surface area is 117 Å². The Morgan fingerprint density at radius 2 is 1.58 bits per heavy atom. The minimum Gasteiger partial charge on any atom is -0.399 e. The molecule has 6 heteroatoms. The highest BCUT2D eigenvalue weighted by atomic mass is 32.2. The van der Waals surface area contributed by atoms with Crippen LogP contribution in [0.15, 0.2) is 17.0 Å². The topological polar surface area (TPSA) is 18.5 Å². The molecule has 104 valence electrons. The zero-order valence-corrected chi connectivity index (χ0v) is 12.5. The highest BCUT2D eigenvalue weighted by Crippen LogP contribution is 2.37. The average Bonchev–Trinajstić information content (AvgIpc) is 2.51. The van der Waals surface area contributed by atoms with E-state index in [1.165, 1.54) is 11.8 Å².